The molecule has 158 valence electrons. The average molecular weight is 416 g/mol. The summed E-state index contributed by atoms with van der Waals surface area (Å²) in [5.74, 6) is -1.05. The van der Waals surface area contributed by atoms with Crippen LogP contribution in [0.5, 0.6) is 5.75 Å². The van der Waals surface area contributed by atoms with Crippen LogP contribution in [0.4, 0.5) is 13.6 Å². The molecule has 1 saturated heterocycles. The SMILES string of the molecule is CN(CC1COCO1)C(=O)N1CC(c2cc(F)ccc2F)=CC1c1cccc(O)c1. The van der Waals surface area contributed by atoms with E-state index >= 15 is 0 Å². The standard InChI is InChI=1S/C22H22F2N2O4/c1-25(11-18-12-29-13-30-18)22(28)26-10-15(19-9-16(23)5-6-20(19)24)8-21(26)14-3-2-4-17(27)7-14/h2-9,18,21,27H,10-13H2,1H3. The molecule has 2 aliphatic rings. The first-order valence-corrected chi connectivity index (χ1v) is 9.58. The molecular weight excluding hydrogens is 394 g/mol. The van der Waals surface area contributed by atoms with Crippen LogP contribution in [0.3, 0.4) is 0 Å². The Labute approximate surface area is 172 Å². The van der Waals surface area contributed by atoms with Gasteiger partial charge >= 0.3 is 6.03 Å². The summed E-state index contributed by atoms with van der Waals surface area (Å²) in [6, 6.07) is 8.97. The monoisotopic (exact) mass is 416 g/mol. The topological polar surface area (TPSA) is 62.2 Å². The molecule has 2 amide bonds. The fourth-order valence-electron chi connectivity index (χ4n) is 3.79. The lowest BCUT2D eigenvalue weighted by molar-refractivity contribution is 0.0386. The van der Waals surface area contributed by atoms with Gasteiger partial charge in [-0.05, 0) is 41.5 Å². The number of likely N-dealkylation sites (N-methyl/N-ethyl adjacent to an activating group) is 1. The number of carbonyl (C=O) groups excluding carboxylic acids is 1. The highest BCUT2D eigenvalue weighted by Gasteiger charge is 2.34. The van der Waals surface area contributed by atoms with Gasteiger partial charge in [0, 0.05) is 19.2 Å². The van der Waals surface area contributed by atoms with Crippen LogP contribution < -0.4 is 0 Å². The van der Waals surface area contributed by atoms with Crippen LogP contribution in [-0.2, 0) is 9.47 Å². The third-order valence-corrected chi connectivity index (χ3v) is 5.26. The lowest BCUT2D eigenvalue weighted by Gasteiger charge is -2.31. The molecule has 2 atom stereocenters. The highest BCUT2D eigenvalue weighted by molar-refractivity contribution is 5.82. The minimum atomic E-state index is -0.559. The van der Waals surface area contributed by atoms with Crippen molar-refractivity contribution in [2.75, 3.05) is 33.5 Å². The van der Waals surface area contributed by atoms with E-state index in [1.165, 1.54) is 11.0 Å². The average Bonchev–Trinajstić information content (AvgIpc) is 3.39. The molecule has 2 aliphatic heterocycles. The van der Waals surface area contributed by atoms with Gasteiger partial charge in [0.1, 0.15) is 30.3 Å². The molecule has 30 heavy (non-hydrogen) atoms. The van der Waals surface area contributed by atoms with Crippen molar-refractivity contribution in [3.8, 4) is 5.75 Å². The van der Waals surface area contributed by atoms with Crippen molar-refractivity contribution in [2.24, 2.45) is 0 Å². The van der Waals surface area contributed by atoms with Crippen LogP contribution in [0.15, 0.2) is 48.5 Å². The van der Waals surface area contributed by atoms with Gasteiger partial charge in [-0.2, -0.15) is 0 Å². The molecule has 2 aromatic rings. The summed E-state index contributed by atoms with van der Waals surface area (Å²) < 4.78 is 38.7. The van der Waals surface area contributed by atoms with Gasteiger partial charge in [0.2, 0.25) is 0 Å². The van der Waals surface area contributed by atoms with Crippen LogP contribution in [0, 0.1) is 11.6 Å². The largest absolute Gasteiger partial charge is 0.508 e. The maximum absolute atomic E-state index is 14.4. The van der Waals surface area contributed by atoms with Gasteiger partial charge in [0.15, 0.2) is 0 Å². The van der Waals surface area contributed by atoms with Crippen LogP contribution in [0.1, 0.15) is 17.2 Å². The number of hydrogen-bond donors (Lipinski definition) is 1. The molecule has 0 bridgehead atoms. The Morgan fingerprint density at radius 2 is 2.10 bits per heavy atom. The van der Waals surface area contributed by atoms with Gasteiger partial charge in [0.05, 0.1) is 19.2 Å². The summed E-state index contributed by atoms with van der Waals surface area (Å²) in [5, 5.41) is 9.89. The van der Waals surface area contributed by atoms with E-state index in [1.54, 1.807) is 36.2 Å². The fourth-order valence-corrected chi connectivity index (χ4v) is 3.79. The molecule has 1 fully saturated rings. The molecule has 0 saturated carbocycles. The fraction of sp³-hybridized carbons (Fsp3) is 0.318. The zero-order chi connectivity index (χ0) is 21.3. The molecule has 0 aromatic heterocycles. The normalized spacial score (nSPS) is 21.0. The minimum absolute atomic E-state index is 0.0588. The van der Waals surface area contributed by atoms with E-state index in [9.17, 15) is 18.7 Å². The number of amides is 2. The zero-order valence-electron chi connectivity index (χ0n) is 16.4. The van der Waals surface area contributed by atoms with Gasteiger partial charge < -0.3 is 24.4 Å². The smallest absolute Gasteiger partial charge is 0.320 e. The van der Waals surface area contributed by atoms with Crippen molar-refractivity contribution in [3.63, 3.8) is 0 Å². The van der Waals surface area contributed by atoms with Crippen molar-refractivity contribution in [2.45, 2.75) is 12.1 Å². The van der Waals surface area contributed by atoms with Crippen molar-refractivity contribution in [3.05, 3.63) is 71.3 Å². The van der Waals surface area contributed by atoms with Crippen LogP contribution >= 0.6 is 0 Å². The number of hydrogen-bond acceptors (Lipinski definition) is 4. The van der Waals surface area contributed by atoms with E-state index in [-0.39, 0.29) is 36.8 Å². The second-order valence-corrected chi connectivity index (χ2v) is 7.42. The number of ether oxygens (including phenoxy) is 2. The Hall–Kier alpha value is -2.97. The van der Waals surface area contributed by atoms with E-state index in [2.05, 4.69) is 0 Å². The number of phenols is 1. The number of rotatable bonds is 4. The maximum atomic E-state index is 14.4. The van der Waals surface area contributed by atoms with Crippen LogP contribution in [-0.4, -0.2) is 60.6 Å². The molecule has 2 unspecified atom stereocenters. The summed E-state index contributed by atoms with van der Waals surface area (Å²) in [6.45, 7) is 1.05. The number of halogens is 2. The number of aromatic hydroxyl groups is 1. The summed E-state index contributed by atoms with van der Waals surface area (Å²) >= 11 is 0. The molecule has 6 nitrogen and oxygen atoms in total. The molecule has 4 rings (SSSR count). The molecular formula is C22H22F2N2O4. The summed E-state index contributed by atoms with van der Waals surface area (Å²) in [6.07, 6.45) is 1.52. The van der Waals surface area contributed by atoms with Gasteiger partial charge in [-0.3, -0.25) is 0 Å². The Bertz CT molecular complexity index is 975. The maximum Gasteiger partial charge on any atom is 0.320 e. The highest BCUT2D eigenvalue weighted by Crippen LogP contribution is 2.37. The Kier molecular flexibility index (Phi) is 5.69. The van der Waals surface area contributed by atoms with Crippen LogP contribution in [0.25, 0.3) is 5.57 Å². The number of nitrogens with zero attached hydrogens (tertiary/aromatic N) is 2. The zero-order valence-corrected chi connectivity index (χ0v) is 16.4. The molecule has 0 radical (unpaired) electrons. The third kappa shape index (κ3) is 4.15. The highest BCUT2D eigenvalue weighted by atomic mass is 19.1. The number of carbonyl (C=O) groups is 1. The Balaban J connectivity index is 1.64. The van der Waals surface area contributed by atoms with Crippen molar-refractivity contribution < 1.29 is 28.2 Å². The summed E-state index contributed by atoms with van der Waals surface area (Å²) in [4.78, 5) is 16.3. The molecule has 2 aromatic carbocycles. The number of urea groups is 1. The van der Waals surface area contributed by atoms with Gasteiger partial charge in [0.25, 0.3) is 0 Å². The molecule has 8 heteroatoms. The van der Waals surface area contributed by atoms with E-state index in [4.69, 9.17) is 9.47 Å². The lowest BCUT2D eigenvalue weighted by Crippen LogP contribution is -2.44. The summed E-state index contributed by atoms with van der Waals surface area (Å²) in [7, 11) is 1.66. The molecule has 1 N–H and O–H groups in total. The van der Waals surface area contributed by atoms with Crippen molar-refractivity contribution in [1.29, 1.82) is 0 Å². The number of phenolic OH excluding ortho intramolecular Hbond substituents is 1. The van der Waals surface area contributed by atoms with E-state index in [0.717, 1.165) is 18.2 Å². The van der Waals surface area contributed by atoms with E-state index in [1.807, 2.05) is 0 Å². The predicted octanol–water partition coefficient (Wildman–Crippen LogP) is 3.54. The Morgan fingerprint density at radius 3 is 2.83 bits per heavy atom. The first-order valence-electron chi connectivity index (χ1n) is 9.58. The second kappa shape index (κ2) is 8.41. The van der Waals surface area contributed by atoms with E-state index in [0.29, 0.717) is 24.3 Å². The first-order chi connectivity index (χ1) is 14.4. The number of benzene rings is 2. The lowest BCUT2D eigenvalue weighted by atomic mass is 10.0. The van der Waals surface area contributed by atoms with Gasteiger partial charge in [-0.25, -0.2) is 13.6 Å². The van der Waals surface area contributed by atoms with Crippen LogP contribution in [0.2, 0.25) is 0 Å². The van der Waals surface area contributed by atoms with Gasteiger partial charge in [-0.1, -0.05) is 18.2 Å². The van der Waals surface area contributed by atoms with Gasteiger partial charge in [-0.15, -0.1) is 0 Å². The van der Waals surface area contributed by atoms with Crippen molar-refractivity contribution >= 4 is 11.6 Å². The first kappa shape index (κ1) is 20.3. The molecule has 0 spiro atoms. The molecule has 0 aliphatic carbocycles. The molecule has 2 heterocycles. The second-order valence-electron chi connectivity index (χ2n) is 7.42. The van der Waals surface area contributed by atoms with E-state index < -0.39 is 17.7 Å². The van der Waals surface area contributed by atoms with Crippen molar-refractivity contribution in [1.82, 2.24) is 9.80 Å². The minimum Gasteiger partial charge on any atom is -0.508 e. The predicted molar refractivity (Wildman–Crippen MR) is 106 cm³/mol. The Morgan fingerprint density at radius 1 is 1.27 bits per heavy atom. The summed E-state index contributed by atoms with van der Waals surface area (Å²) in [5.41, 5.74) is 1.29. The quantitative estimate of drug-likeness (QED) is 0.828. The third-order valence-electron chi connectivity index (χ3n) is 5.26.